The Balaban J connectivity index is 2.97. The van der Waals surface area contributed by atoms with Crippen molar-refractivity contribution < 1.29 is 23.8 Å². The van der Waals surface area contributed by atoms with Gasteiger partial charge >= 0.3 is 12.1 Å². The van der Waals surface area contributed by atoms with Gasteiger partial charge in [-0.1, -0.05) is 12.1 Å². The van der Waals surface area contributed by atoms with Crippen LogP contribution in [0, 0.1) is 0 Å². The van der Waals surface area contributed by atoms with Crippen molar-refractivity contribution in [3.8, 4) is 5.75 Å². The molecule has 0 fully saturated rings. The van der Waals surface area contributed by atoms with Gasteiger partial charge < -0.3 is 24.4 Å². The number of carbonyl (C=O) groups excluding carboxylic acids is 2. The average Bonchev–Trinajstić information content (AvgIpc) is 2.63. The molecule has 0 aliphatic carbocycles. The number of amides is 1. The van der Waals surface area contributed by atoms with E-state index in [1.165, 1.54) is 0 Å². The number of hydrogen-bond acceptors (Lipinski definition) is 6. The first-order valence-electron chi connectivity index (χ1n) is 10.6. The molecule has 1 atom stereocenters. The van der Waals surface area contributed by atoms with Crippen LogP contribution < -0.4 is 15.0 Å². The van der Waals surface area contributed by atoms with E-state index >= 15 is 0 Å². The van der Waals surface area contributed by atoms with Gasteiger partial charge in [0.1, 0.15) is 23.6 Å². The van der Waals surface area contributed by atoms with Crippen molar-refractivity contribution in [2.75, 3.05) is 36.4 Å². The van der Waals surface area contributed by atoms with Gasteiger partial charge in [-0.25, -0.2) is 4.79 Å². The lowest BCUT2D eigenvalue weighted by atomic mass is 10.1. The molecule has 1 amide bonds. The normalized spacial score (nSPS) is 12.6. The van der Waals surface area contributed by atoms with Crippen molar-refractivity contribution in [2.24, 2.45) is 0 Å². The summed E-state index contributed by atoms with van der Waals surface area (Å²) in [4.78, 5) is 26.7. The third-order valence-electron chi connectivity index (χ3n) is 3.91. The number of hydrogen-bond donors (Lipinski definition) is 1. The lowest BCUT2D eigenvalue weighted by molar-refractivity contribution is -0.155. The van der Waals surface area contributed by atoms with Crippen molar-refractivity contribution in [2.45, 2.75) is 65.2 Å². The van der Waals surface area contributed by atoms with E-state index in [1.807, 2.05) is 29.2 Å². The minimum Gasteiger partial charge on any atom is -0.489 e. The Hall–Kier alpha value is -1.86. The first kappa shape index (κ1) is 28.2. The fourth-order valence-electron chi connectivity index (χ4n) is 2.80. The fraction of sp³-hybridized carbons (Fsp3) is 0.652. The molecule has 0 heterocycles. The van der Waals surface area contributed by atoms with Crippen molar-refractivity contribution in [3.63, 3.8) is 0 Å². The van der Waals surface area contributed by atoms with Crippen molar-refractivity contribution in [3.05, 3.63) is 24.3 Å². The van der Waals surface area contributed by atoms with E-state index in [4.69, 9.17) is 37.4 Å². The smallest absolute Gasteiger partial charge is 0.408 e. The summed E-state index contributed by atoms with van der Waals surface area (Å²) in [7, 11) is 0. The number of alkyl carbamates (subject to hydrolysis) is 1. The number of carbonyl (C=O) groups is 2. The van der Waals surface area contributed by atoms with Crippen LogP contribution in [0.25, 0.3) is 0 Å². The lowest BCUT2D eigenvalue weighted by Gasteiger charge is -2.27. The predicted molar refractivity (Wildman–Crippen MR) is 129 cm³/mol. The summed E-state index contributed by atoms with van der Waals surface area (Å²) in [6, 6.07) is 6.83. The van der Waals surface area contributed by atoms with Crippen molar-refractivity contribution in [1.82, 2.24) is 5.32 Å². The molecular formula is C23H36Cl2N2O5. The summed E-state index contributed by atoms with van der Waals surface area (Å²) in [5.41, 5.74) is -0.468. The molecule has 32 heavy (non-hydrogen) atoms. The van der Waals surface area contributed by atoms with Gasteiger partial charge in [-0.05, 0) is 53.7 Å². The molecule has 1 aromatic carbocycles. The number of nitrogens with zero attached hydrogens (tertiary/aromatic N) is 1. The van der Waals surface area contributed by atoms with Crippen LogP contribution in [0.1, 0.15) is 48.0 Å². The number of nitrogens with one attached hydrogen (secondary N) is 1. The third-order valence-corrected chi connectivity index (χ3v) is 4.25. The maximum Gasteiger partial charge on any atom is 0.408 e. The first-order valence-corrected chi connectivity index (χ1v) is 11.7. The highest BCUT2D eigenvalue weighted by Crippen LogP contribution is 2.28. The molecule has 0 unspecified atom stereocenters. The second-order valence-corrected chi connectivity index (χ2v) is 10.0. The second kappa shape index (κ2) is 13.0. The Morgan fingerprint density at radius 1 is 0.969 bits per heavy atom. The molecule has 0 spiro atoms. The molecule has 0 radical (unpaired) electrons. The molecule has 1 N–H and O–H groups in total. The van der Waals surface area contributed by atoms with Crippen LogP contribution in [-0.2, 0) is 14.3 Å². The molecule has 7 nitrogen and oxygen atoms in total. The molecule has 1 aromatic rings. The van der Waals surface area contributed by atoms with E-state index < -0.39 is 29.3 Å². The Kier molecular flexibility index (Phi) is 11.4. The Labute approximate surface area is 201 Å². The molecule has 0 aliphatic heterocycles. The van der Waals surface area contributed by atoms with Gasteiger partial charge in [0.05, 0.1) is 18.2 Å². The topological polar surface area (TPSA) is 77.1 Å². The molecule has 0 saturated carbocycles. The van der Waals surface area contributed by atoms with Crippen LogP contribution in [0.2, 0.25) is 0 Å². The maximum atomic E-state index is 12.4. The average molecular weight is 491 g/mol. The van der Waals surface area contributed by atoms with Crippen molar-refractivity contribution >= 4 is 41.0 Å². The van der Waals surface area contributed by atoms with Crippen LogP contribution in [-0.4, -0.2) is 60.8 Å². The lowest BCUT2D eigenvalue weighted by Crippen LogP contribution is -2.44. The quantitative estimate of drug-likeness (QED) is 0.348. The highest BCUT2D eigenvalue weighted by Gasteiger charge is 2.25. The number of anilines is 1. The summed E-state index contributed by atoms with van der Waals surface area (Å²) >= 11 is 11.9. The van der Waals surface area contributed by atoms with Crippen LogP contribution >= 0.6 is 23.2 Å². The number of rotatable bonds is 11. The Morgan fingerprint density at radius 2 is 1.53 bits per heavy atom. The largest absolute Gasteiger partial charge is 0.489 e. The predicted octanol–water partition coefficient (Wildman–Crippen LogP) is 4.97. The van der Waals surface area contributed by atoms with E-state index in [9.17, 15) is 9.59 Å². The monoisotopic (exact) mass is 490 g/mol. The van der Waals surface area contributed by atoms with E-state index in [2.05, 4.69) is 5.32 Å². The third kappa shape index (κ3) is 11.7. The molecule has 0 bridgehead atoms. The minimum absolute atomic E-state index is 0.0467. The molecule has 0 aliphatic rings. The van der Waals surface area contributed by atoms with E-state index in [0.717, 1.165) is 5.69 Å². The molecule has 1 rings (SSSR count). The van der Waals surface area contributed by atoms with Gasteiger partial charge in [-0.2, -0.15) is 0 Å². The standard InChI is InChI=1S/C23H36Cl2N2O5/c1-22(2,3)31-20(28)15-17(26-21(29)32-23(4,5)6)16-30-19-10-8-7-9-18(19)27(13-11-24)14-12-25/h7-10,17H,11-16H2,1-6H3,(H,26,29)/t17-/m0/s1. The molecule has 9 heteroatoms. The van der Waals surface area contributed by atoms with Gasteiger partial charge in [0, 0.05) is 24.8 Å². The van der Waals surface area contributed by atoms with Gasteiger partial charge in [0.25, 0.3) is 0 Å². The van der Waals surface area contributed by atoms with Gasteiger partial charge in [0.15, 0.2) is 0 Å². The van der Waals surface area contributed by atoms with E-state index in [1.54, 1.807) is 41.5 Å². The van der Waals surface area contributed by atoms with Gasteiger partial charge in [-0.3, -0.25) is 4.79 Å². The van der Waals surface area contributed by atoms with Gasteiger partial charge in [-0.15, -0.1) is 23.2 Å². The van der Waals surface area contributed by atoms with Crippen LogP contribution in [0.3, 0.4) is 0 Å². The minimum atomic E-state index is -0.669. The number of alkyl halides is 2. The summed E-state index contributed by atoms with van der Waals surface area (Å²) in [5.74, 6) is 1.03. The Morgan fingerprint density at radius 3 is 2.06 bits per heavy atom. The summed E-state index contributed by atoms with van der Waals surface area (Å²) in [6.45, 7) is 11.9. The van der Waals surface area contributed by atoms with E-state index in [-0.39, 0.29) is 13.0 Å². The molecular weight excluding hydrogens is 455 g/mol. The number of ether oxygens (including phenoxy) is 3. The number of para-hydroxylation sites is 2. The van der Waals surface area contributed by atoms with Crippen LogP contribution in [0.5, 0.6) is 5.75 Å². The van der Waals surface area contributed by atoms with E-state index in [0.29, 0.717) is 30.6 Å². The summed E-state index contributed by atoms with van der Waals surface area (Å²) < 4.78 is 16.8. The zero-order valence-corrected chi connectivity index (χ0v) is 21.4. The maximum absolute atomic E-state index is 12.4. The fourth-order valence-corrected chi connectivity index (χ4v) is 3.21. The second-order valence-electron chi connectivity index (χ2n) is 9.28. The molecule has 0 saturated heterocycles. The number of halogens is 2. The molecule has 182 valence electrons. The van der Waals surface area contributed by atoms with Gasteiger partial charge in [0.2, 0.25) is 0 Å². The Bertz CT molecular complexity index is 696. The first-order chi connectivity index (χ1) is 14.8. The number of benzene rings is 1. The zero-order valence-electron chi connectivity index (χ0n) is 19.9. The number of esters is 1. The summed E-state index contributed by atoms with van der Waals surface area (Å²) in [6.07, 6.45) is -0.694. The zero-order chi connectivity index (χ0) is 24.4. The summed E-state index contributed by atoms with van der Waals surface area (Å²) in [5, 5.41) is 2.72. The molecule has 0 aromatic heterocycles. The highest BCUT2D eigenvalue weighted by atomic mass is 35.5. The highest BCUT2D eigenvalue weighted by molar-refractivity contribution is 6.18. The van der Waals surface area contributed by atoms with Crippen LogP contribution in [0.15, 0.2) is 24.3 Å². The van der Waals surface area contributed by atoms with Crippen LogP contribution in [0.4, 0.5) is 10.5 Å². The SMILES string of the molecule is CC(C)(C)OC(=O)C[C@@H](COc1ccccc1N(CCCl)CCCl)NC(=O)OC(C)(C)C. The van der Waals surface area contributed by atoms with Crippen molar-refractivity contribution in [1.29, 1.82) is 0 Å².